The Kier molecular flexibility index (Phi) is 49.0. The summed E-state index contributed by atoms with van der Waals surface area (Å²) in [7, 11) is 0. The molecule has 38 nitrogen and oxygen atoms in total. The van der Waals surface area contributed by atoms with E-state index in [4.69, 9.17) is 57.3 Å². The number of carbonyl (C=O) groups is 12. The zero-order valence-electron chi connectivity index (χ0n) is 68.9. The lowest BCUT2D eigenvalue weighted by molar-refractivity contribution is -0.142. The molecule has 652 valence electrons. The number of hydrogen-bond donors (Lipinski definition) is 23. The SMILES string of the molecule is CC[C@H](C)[C@H](NC(=O)[C@H](CCCCN)NC(=O)[C@H](CCCN=C(N)N)NC(=O)[C@H](Cc1ccccc1)NC(=O)[C@H](CC(C)C)NC(=O)[C@H](CCCCN)NC(=O)[C@@H](N)CCCN=C(N)N)C(=O)N[C@@H](CC(C)C)C(=O)N[C@@H](CCCCN)C(=O)N[C@@H](Cc1ccc(O)cc1)C(=O)N[C@@H](CC(C)C)C(=O)N[C@@H](CCCN=C(N)N)C(=O)O. The summed E-state index contributed by atoms with van der Waals surface area (Å²) in [6.07, 6.45) is 3.26. The molecule has 0 spiro atoms. The van der Waals surface area contributed by atoms with Crippen molar-refractivity contribution in [3.63, 3.8) is 0 Å². The highest BCUT2D eigenvalue weighted by Gasteiger charge is 2.39. The summed E-state index contributed by atoms with van der Waals surface area (Å²) in [5.74, 6) is -12.0. The summed E-state index contributed by atoms with van der Waals surface area (Å²) >= 11 is 0. The van der Waals surface area contributed by atoms with E-state index in [0.29, 0.717) is 69.0 Å². The maximum Gasteiger partial charge on any atom is 0.326 e. The third-order valence-corrected chi connectivity index (χ3v) is 18.9. The van der Waals surface area contributed by atoms with Gasteiger partial charge in [-0.05, 0) is 182 Å². The van der Waals surface area contributed by atoms with Gasteiger partial charge in [0.25, 0.3) is 0 Å². The molecule has 38 heteroatoms. The third-order valence-electron chi connectivity index (χ3n) is 18.9. The monoisotopic (exact) mass is 1630 g/mol. The maximum atomic E-state index is 15.0. The third kappa shape index (κ3) is 41.7. The van der Waals surface area contributed by atoms with Gasteiger partial charge in [-0.2, -0.15) is 0 Å². The standard InChI is InChI=1S/C78H136N24O14/c1-9-48(8)63(74(114)101-60(42-47(6)7)69(109)94-54(26-14-17-35-80)67(107)99-62(44-50-30-32-51(103)33-31-50)73(113)98-58(40-45(2)3)70(110)96-57(75(115)116)29-21-39-91-78(87)88)102-68(108)55(27-15-18-36-81)93-65(105)56(28-20-38-90-77(85)86)95-72(112)61(43-49-22-11-10-12-23-49)100-71(111)59(41-46(4)5)97-66(106)53(25-13-16-34-79)92-64(104)52(82)24-19-37-89-76(83)84/h10-12,22-23,30-33,45-48,52-63,103H,9,13-21,24-29,34-44,79-82H2,1-8H3,(H,92,104)(H,93,105)(H,94,109)(H,95,112)(H,96,110)(H,97,106)(H,98,113)(H,99,107)(H,100,111)(H,101,114)(H,102,108)(H,115,116)(H4,83,84,89)(H4,85,86,90)(H4,87,88,91)/t48-,52-,53-,54-,55-,56-,57-,58-,59-,60-,61-,62-,63-/m0/s1. The zero-order chi connectivity index (χ0) is 87.0. The average Bonchev–Trinajstić information content (AvgIpc) is 0.846. The number of amides is 11. The minimum absolute atomic E-state index is 0.00141. The number of phenols is 1. The number of carboxylic acids is 1. The van der Waals surface area contributed by atoms with Crippen LogP contribution in [0.15, 0.2) is 69.6 Å². The number of benzene rings is 2. The molecular formula is C78H136N24O14. The number of aliphatic imine (C=N–C) groups is 3. The number of nitrogens with two attached hydrogens (primary N) is 10. The van der Waals surface area contributed by atoms with Crippen LogP contribution in [0.25, 0.3) is 0 Å². The van der Waals surface area contributed by atoms with Gasteiger partial charge in [-0.15, -0.1) is 0 Å². The van der Waals surface area contributed by atoms with E-state index in [-0.39, 0.29) is 158 Å². The van der Waals surface area contributed by atoms with Crippen molar-refractivity contribution in [3.8, 4) is 5.75 Å². The Hall–Kier alpha value is -10.5. The second-order valence-corrected chi connectivity index (χ2v) is 30.6. The molecule has 0 bridgehead atoms. The van der Waals surface area contributed by atoms with Crippen molar-refractivity contribution in [1.29, 1.82) is 0 Å². The number of nitrogens with one attached hydrogen (secondary N) is 11. The average molecular weight is 1630 g/mol. The minimum atomic E-state index is -1.45. The van der Waals surface area contributed by atoms with E-state index in [2.05, 4.69) is 73.5 Å². The van der Waals surface area contributed by atoms with E-state index in [1.807, 2.05) is 13.8 Å². The van der Waals surface area contributed by atoms with Crippen LogP contribution in [0, 0.1) is 23.7 Å². The number of carbonyl (C=O) groups excluding carboxylic acids is 11. The lowest BCUT2D eigenvalue weighted by atomic mass is 9.95. The molecule has 0 aliphatic rings. The first kappa shape index (κ1) is 102. The molecule has 0 radical (unpaired) electrons. The summed E-state index contributed by atoms with van der Waals surface area (Å²) < 4.78 is 0. The number of guanidine groups is 3. The first-order valence-corrected chi connectivity index (χ1v) is 40.3. The van der Waals surface area contributed by atoms with Crippen LogP contribution in [-0.2, 0) is 70.4 Å². The Labute approximate surface area is 681 Å². The number of aliphatic carboxylic acids is 1. The molecule has 2 aromatic carbocycles. The lowest BCUT2D eigenvalue weighted by Crippen LogP contribution is -2.61. The molecule has 116 heavy (non-hydrogen) atoms. The van der Waals surface area contributed by atoms with Crippen LogP contribution >= 0.6 is 0 Å². The van der Waals surface area contributed by atoms with Crippen molar-refractivity contribution >= 4 is 88.8 Å². The van der Waals surface area contributed by atoms with Crippen molar-refractivity contribution in [2.45, 2.75) is 263 Å². The summed E-state index contributed by atoms with van der Waals surface area (Å²) in [6.45, 7) is 15.3. The highest BCUT2D eigenvalue weighted by Crippen LogP contribution is 2.19. The van der Waals surface area contributed by atoms with Gasteiger partial charge in [0.05, 0.1) is 6.04 Å². The van der Waals surface area contributed by atoms with E-state index < -0.39 is 149 Å². The number of hydrogen-bond acceptors (Lipinski definition) is 20. The number of nitrogens with zero attached hydrogens (tertiary/aromatic N) is 3. The molecule has 0 saturated heterocycles. The highest BCUT2D eigenvalue weighted by molar-refractivity contribution is 5.99. The molecule has 11 amide bonds. The smallest absolute Gasteiger partial charge is 0.326 e. The van der Waals surface area contributed by atoms with Gasteiger partial charge in [-0.3, -0.25) is 67.7 Å². The van der Waals surface area contributed by atoms with Crippen LogP contribution in [0.1, 0.15) is 189 Å². The van der Waals surface area contributed by atoms with Gasteiger partial charge < -0.3 is 126 Å². The Balaban J connectivity index is 2.65. The number of rotatable bonds is 59. The molecule has 33 N–H and O–H groups in total. The topological polar surface area (TPSA) is 675 Å². The Morgan fingerprint density at radius 2 is 0.629 bits per heavy atom. The number of phenolic OH excluding ortho intramolecular Hbond substituents is 1. The molecule has 0 aromatic heterocycles. The second-order valence-electron chi connectivity index (χ2n) is 30.6. The first-order chi connectivity index (χ1) is 54.9. The Bertz CT molecular complexity index is 3470. The number of aromatic hydroxyl groups is 1. The van der Waals surface area contributed by atoms with Crippen molar-refractivity contribution in [1.82, 2.24) is 58.5 Å². The minimum Gasteiger partial charge on any atom is -0.508 e. The predicted molar refractivity (Wildman–Crippen MR) is 445 cm³/mol. The van der Waals surface area contributed by atoms with E-state index in [1.165, 1.54) is 24.3 Å². The van der Waals surface area contributed by atoms with Crippen molar-refractivity contribution in [2.75, 3.05) is 39.3 Å². The van der Waals surface area contributed by atoms with Gasteiger partial charge in [0.2, 0.25) is 65.0 Å². The summed E-state index contributed by atoms with van der Waals surface area (Å²) in [4.78, 5) is 185. The van der Waals surface area contributed by atoms with Crippen LogP contribution in [0.2, 0.25) is 0 Å². The van der Waals surface area contributed by atoms with Gasteiger partial charge in [-0.25, -0.2) is 4.79 Å². The number of unbranched alkanes of at least 4 members (excludes halogenated alkanes) is 3. The fourth-order valence-electron chi connectivity index (χ4n) is 12.4. The van der Waals surface area contributed by atoms with Crippen molar-refractivity contribution < 1.29 is 67.7 Å². The summed E-state index contributed by atoms with van der Waals surface area (Å²) in [5.41, 5.74) is 58.0. The van der Waals surface area contributed by atoms with Gasteiger partial charge >= 0.3 is 5.97 Å². The maximum absolute atomic E-state index is 15.0. The van der Waals surface area contributed by atoms with Crippen molar-refractivity contribution in [2.24, 2.45) is 96.0 Å². The van der Waals surface area contributed by atoms with Gasteiger partial charge in [0.1, 0.15) is 72.2 Å². The van der Waals surface area contributed by atoms with E-state index >= 15 is 0 Å². The molecule has 0 heterocycles. The fourth-order valence-corrected chi connectivity index (χ4v) is 12.4. The van der Waals surface area contributed by atoms with Crippen LogP contribution in [0.3, 0.4) is 0 Å². The van der Waals surface area contributed by atoms with Crippen LogP contribution in [0.5, 0.6) is 5.75 Å². The van der Waals surface area contributed by atoms with Crippen LogP contribution < -0.4 is 116 Å². The van der Waals surface area contributed by atoms with E-state index in [1.54, 1.807) is 71.9 Å². The normalized spacial score (nSPS) is 14.6. The van der Waals surface area contributed by atoms with Crippen LogP contribution in [-0.4, -0.2) is 211 Å². The molecule has 0 aliphatic carbocycles. The van der Waals surface area contributed by atoms with Gasteiger partial charge in [0.15, 0.2) is 17.9 Å². The van der Waals surface area contributed by atoms with Gasteiger partial charge in [0, 0.05) is 32.5 Å². The first-order valence-electron chi connectivity index (χ1n) is 40.3. The molecule has 2 aromatic rings. The number of carboxylic acid groups (broad SMARTS) is 1. The molecule has 2 rings (SSSR count). The molecule has 0 fully saturated rings. The second kappa shape index (κ2) is 55.9. The quantitative estimate of drug-likeness (QED) is 0.0187. The molecule has 13 atom stereocenters. The van der Waals surface area contributed by atoms with Crippen molar-refractivity contribution in [3.05, 3.63) is 65.7 Å². The highest BCUT2D eigenvalue weighted by atomic mass is 16.4. The summed E-state index contributed by atoms with van der Waals surface area (Å²) in [5, 5.41) is 50.5. The largest absolute Gasteiger partial charge is 0.508 e. The molecule has 0 saturated carbocycles. The van der Waals surface area contributed by atoms with E-state index in [0.717, 1.165) is 0 Å². The fraction of sp³-hybridized carbons (Fsp3) is 0.654. The Morgan fingerprint density at radius 3 is 0.974 bits per heavy atom. The zero-order valence-corrected chi connectivity index (χ0v) is 68.9. The lowest BCUT2D eigenvalue weighted by Gasteiger charge is -2.30. The molecular weight excluding hydrogens is 1500 g/mol. The van der Waals surface area contributed by atoms with Crippen LogP contribution in [0.4, 0.5) is 0 Å². The predicted octanol–water partition coefficient (Wildman–Crippen LogP) is -2.35. The molecule has 0 aliphatic heterocycles. The summed E-state index contributed by atoms with van der Waals surface area (Å²) in [6, 6.07) is -1.42. The Morgan fingerprint density at radius 1 is 0.345 bits per heavy atom. The van der Waals surface area contributed by atoms with E-state index in [9.17, 15) is 67.7 Å². The molecule has 0 unspecified atom stereocenters. The van der Waals surface area contributed by atoms with Gasteiger partial charge in [-0.1, -0.05) is 104 Å².